The van der Waals surface area contributed by atoms with Gasteiger partial charge in [0, 0.05) is 17.3 Å². The molecule has 0 bridgehead atoms. The summed E-state index contributed by atoms with van der Waals surface area (Å²) in [5, 5.41) is 7.23. The van der Waals surface area contributed by atoms with Gasteiger partial charge in [-0.3, -0.25) is 0 Å². The van der Waals surface area contributed by atoms with Gasteiger partial charge in [-0.2, -0.15) is 0 Å². The van der Waals surface area contributed by atoms with Gasteiger partial charge in [-0.05, 0) is 34.9 Å². The number of thiophene rings is 1. The smallest absolute Gasteiger partial charge is 0.0346 e. The van der Waals surface area contributed by atoms with Crippen LogP contribution in [0.25, 0.3) is 10.1 Å². The molecule has 0 fully saturated rings. The lowest BCUT2D eigenvalue weighted by Gasteiger charge is -2.13. The molecule has 3 rings (SSSR count). The quantitative estimate of drug-likeness (QED) is 0.719. The summed E-state index contributed by atoms with van der Waals surface area (Å²) in [7, 11) is 0. The van der Waals surface area contributed by atoms with Crippen molar-refractivity contribution in [3.8, 4) is 0 Å². The molecule has 0 amide bonds. The Hall–Kier alpha value is -1.64. The Morgan fingerprint density at radius 3 is 2.58 bits per heavy atom. The zero-order chi connectivity index (χ0) is 13.1. The zero-order valence-corrected chi connectivity index (χ0v) is 11.8. The molecule has 1 aromatic heterocycles. The fraction of sp³-hybridized carbons (Fsp3) is 0.176. The molecule has 19 heavy (non-hydrogen) atoms. The Labute approximate surface area is 117 Å². The monoisotopic (exact) mass is 267 g/mol. The molecule has 3 aromatic rings. The minimum absolute atomic E-state index is 0.375. The third-order valence-corrected chi connectivity index (χ3v) is 4.47. The molecule has 0 spiro atoms. The van der Waals surface area contributed by atoms with Gasteiger partial charge in [0.05, 0.1) is 0 Å². The number of hydrogen-bond donors (Lipinski definition) is 1. The summed E-state index contributed by atoms with van der Waals surface area (Å²) >= 11 is 1.82. The first-order valence-electron chi connectivity index (χ1n) is 6.58. The van der Waals surface area contributed by atoms with Crippen LogP contribution in [-0.2, 0) is 6.54 Å². The predicted molar refractivity (Wildman–Crippen MR) is 83.5 cm³/mol. The van der Waals surface area contributed by atoms with E-state index in [1.807, 2.05) is 11.3 Å². The minimum Gasteiger partial charge on any atom is -0.306 e. The molecular formula is C17H17NS. The van der Waals surface area contributed by atoms with Crippen LogP contribution < -0.4 is 5.32 Å². The molecule has 0 saturated heterocycles. The summed E-state index contributed by atoms with van der Waals surface area (Å²) in [5.74, 6) is 0. The van der Waals surface area contributed by atoms with E-state index in [1.165, 1.54) is 21.2 Å². The number of fused-ring (bicyclic) bond motifs is 1. The van der Waals surface area contributed by atoms with Crippen molar-refractivity contribution in [2.24, 2.45) is 0 Å². The highest BCUT2D eigenvalue weighted by molar-refractivity contribution is 7.17. The van der Waals surface area contributed by atoms with Crippen molar-refractivity contribution < 1.29 is 0 Å². The summed E-state index contributed by atoms with van der Waals surface area (Å²) in [4.78, 5) is 0. The van der Waals surface area contributed by atoms with Gasteiger partial charge in [-0.15, -0.1) is 11.3 Å². The maximum atomic E-state index is 3.60. The maximum absolute atomic E-state index is 3.60. The van der Waals surface area contributed by atoms with Gasteiger partial charge in [-0.25, -0.2) is 0 Å². The number of rotatable bonds is 4. The van der Waals surface area contributed by atoms with Crippen LogP contribution in [0.5, 0.6) is 0 Å². The summed E-state index contributed by atoms with van der Waals surface area (Å²) < 4.78 is 1.37. The van der Waals surface area contributed by atoms with Crippen molar-refractivity contribution in [1.82, 2.24) is 5.32 Å². The van der Waals surface area contributed by atoms with Crippen molar-refractivity contribution in [1.29, 1.82) is 0 Å². The van der Waals surface area contributed by atoms with Crippen molar-refractivity contribution in [2.75, 3.05) is 0 Å². The first-order valence-corrected chi connectivity index (χ1v) is 7.46. The van der Waals surface area contributed by atoms with Crippen LogP contribution in [-0.4, -0.2) is 0 Å². The molecule has 1 nitrogen and oxygen atoms in total. The molecule has 2 heteroatoms. The average molecular weight is 267 g/mol. The number of nitrogens with one attached hydrogen (secondary N) is 1. The minimum atomic E-state index is 0.375. The Morgan fingerprint density at radius 2 is 1.74 bits per heavy atom. The lowest BCUT2D eigenvalue weighted by molar-refractivity contribution is 0.577. The van der Waals surface area contributed by atoms with E-state index in [0.717, 1.165) is 6.54 Å². The number of benzene rings is 2. The largest absolute Gasteiger partial charge is 0.306 e. The van der Waals surface area contributed by atoms with Crippen molar-refractivity contribution in [2.45, 2.75) is 19.5 Å². The highest BCUT2D eigenvalue weighted by atomic mass is 32.1. The Morgan fingerprint density at radius 1 is 1.00 bits per heavy atom. The summed E-state index contributed by atoms with van der Waals surface area (Å²) in [6.07, 6.45) is 0. The van der Waals surface area contributed by atoms with E-state index in [-0.39, 0.29) is 0 Å². The van der Waals surface area contributed by atoms with Crippen molar-refractivity contribution in [3.63, 3.8) is 0 Å². The van der Waals surface area contributed by atoms with Crippen molar-refractivity contribution >= 4 is 21.4 Å². The molecule has 0 radical (unpaired) electrons. The molecule has 0 aliphatic rings. The second-order valence-corrected chi connectivity index (χ2v) is 5.68. The maximum Gasteiger partial charge on any atom is 0.0346 e. The summed E-state index contributed by atoms with van der Waals surface area (Å²) in [6.45, 7) is 3.13. The van der Waals surface area contributed by atoms with Crippen molar-refractivity contribution in [3.05, 3.63) is 71.1 Å². The van der Waals surface area contributed by atoms with Crippen LogP contribution in [0.1, 0.15) is 24.1 Å². The Bertz CT molecular complexity index is 657. The van der Waals surface area contributed by atoms with Crippen LogP contribution in [0.2, 0.25) is 0 Å². The number of hydrogen-bond acceptors (Lipinski definition) is 2. The molecule has 1 atom stereocenters. The lowest BCUT2D eigenvalue weighted by Crippen LogP contribution is -2.17. The highest BCUT2D eigenvalue weighted by Crippen LogP contribution is 2.26. The Kier molecular flexibility index (Phi) is 3.62. The average Bonchev–Trinajstić information content (AvgIpc) is 2.89. The highest BCUT2D eigenvalue weighted by Gasteiger charge is 2.07. The SMILES string of the molecule is C[C@@H](NCc1csc2ccccc12)c1ccccc1. The van der Waals surface area contributed by atoms with Crippen LogP contribution in [0.15, 0.2) is 60.0 Å². The Balaban J connectivity index is 1.73. The van der Waals surface area contributed by atoms with Gasteiger partial charge in [0.2, 0.25) is 0 Å². The van der Waals surface area contributed by atoms with Crippen LogP contribution in [0.4, 0.5) is 0 Å². The van der Waals surface area contributed by atoms with Crippen LogP contribution >= 0.6 is 11.3 Å². The van der Waals surface area contributed by atoms with E-state index in [2.05, 4.69) is 72.2 Å². The fourth-order valence-corrected chi connectivity index (χ4v) is 3.26. The van der Waals surface area contributed by atoms with Crippen LogP contribution in [0.3, 0.4) is 0 Å². The third kappa shape index (κ3) is 2.70. The zero-order valence-electron chi connectivity index (χ0n) is 11.0. The second-order valence-electron chi connectivity index (χ2n) is 4.77. The lowest BCUT2D eigenvalue weighted by atomic mass is 10.1. The molecule has 2 aromatic carbocycles. The van der Waals surface area contributed by atoms with E-state index >= 15 is 0 Å². The summed E-state index contributed by atoms with van der Waals surface area (Å²) in [5.41, 5.74) is 2.73. The van der Waals surface area contributed by atoms with Gasteiger partial charge in [0.1, 0.15) is 0 Å². The molecule has 0 saturated carbocycles. The summed E-state index contributed by atoms with van der Waals surface area (Å²) in [6, 6.07) is 19.6. The van der Waals surface area contributed by atoms with E-state index in [4.69, 9.17) is 0 Å². The predicted octanol–water partition coefficient (Wildman–Crippen LogP) is 4.75. The van der Waals surface area contributed by atoms with E-state index in [0.29, 0.717) is 6.04 Å². The van der Waals surface area contributed by atoms with Gasteiger partial charge in [-0.1, -0.05) is 48.5 Å². The second kappa shape index (κ2) is 5.55. The molecule has 0 unspecified atom stereocenters. The third-order valence-electron chi connectivity index (χ3n) is 3.46. The standard InChI is InChI=1S/C17H17NS/c1-13(14-7-3-2-4-8-14)18-11-15-12-19-17-10-6-5-9-16(15)17/h2-10,12-13,18H,11H2,1H3/t13-/m1/s1. The normalized spacial score (nSPS) is 12.7. The molecular weight excluding hydrogens is 250 g/mol. The first kappa shape index (κ1) is 12.4. The van der Waals surface area contributed by atoms with Gasteiger partial charge in [0.15, 0.2) is 0 Å². The molecule has 1 heterocycles. The van der Waals surface area contributed by atoms with E-state index in [1.54, 1.807) is 0 Å². The molecule has 1 N–H and O–H groups in total. The molecule has 0 aliphatic heterocycles. The topological polar surface area (TPSA) is 12.0 Å². The molecule has 0 aliphatic carbocycles. The van der Waals surface area contributed by atoms with Gasteiger partial charge >= 0.3 is 0 Å². The first-order chi connectivity index (χ1) is 9.34. The van der Waals surface area contributed by atoms with Gasteiger partial charge in [0.25, 0.3) is 0 Å². The van der Waals surface area contributed by atoms with E-state index in [9.17, 15) is 0 Å². The van der Waals surface area contributed by atoms with Crippen LogP contribution in [0, 0.1) is 0 Å². The van der Waals surface area contributed by atoms with Gasteiger partial charge < -0.3 is 5.32 Å². The van der Waals surface area contributed by atoms with E-state index < -0.39 is 0 Å². The molecule has 96 valence electrons. The fourth-order valence-electron chi connectivity index (χ4n) is 2.29.